The topological polar surface area (TPSA) is 61.4 Å². The van der Waals surface area contributed by atoms with E-state index in [2.05, 4.69) is 17.6 Å². The van der Waals surface area contributed by atoms with Crippen LogP contribution in [0.5, 0.6) is 0 Å². The highest BCUT2D eigenvalue weighted by molar-refractivity contribution is 5.73. The third-order valence-corrected chi connectivity index (χ3v) is 1.86. The van der Waals surface area contributed by atoms with E-state index in [1.165, 1.54) is 6.42 Å². The first-order valence-electron chi connectivity index (χ1n) is 4.62. The monoisotopic (exact) mass is 228 g/mol. The number of alkyl halides is 3. The zero-order valence-corrected chi connectivity index (χ0v) is 8.40. The predicted octanol–water partition coefficient (Wildman–Crippen LogP) is 0.591. The van der Waals surface area contributed by atoms with Gasteiger partial charge >= 0.3 is 12.1 Å². The highest BCUT2D eigenvalue weighted by Gasteiger charge is 2.38. The summed E-state index contributed by atoms with van der Waals surface area (Å²) in [4.78, 5) is 8.90. The Hall–Kier alpha value is -0.820. The van der Waals surface area contributed by atoms with Crippen LogP contribution >= 0.6 is 0 Å². The highest BCUT2D eigenvalue weighted by Crippen LogP contribution is 2.13. The van der Waals surface area contributed by atoms with Gasteiger partial charge in [0.1, 0.15) is 0 Å². The largest absolute Gasteiger partial charge is 0.490 e. The van der Waals surface area contributed by atoms with E-state index < -0.39 is 12.1 Å². The third-order valence-electron chi connectivity index (χ3n) is 1.86. The fraction of sp³-hybridized carbons (Fsp3) is 0.875. The Kier molecular flexibility index (Phi) is 6.26. The lowest BCUT2D eigenvalue weighted by atomic mass is 10.2. The Balaban J connectivity index is 0.000000265. The van der Waals surface area contributed by atoms with E-state index >= 15 is 0 Å². The minimum atomic E-state index is -5.08. The van der Waals surface area contributed by atoms with Gasteiger partial charge in [0.25, 0.3) is 0 Å². The number of halogens is 3. The number of carboxylic acids is 1. The van der Waals surface area contributed by atoms with E-state index in [-0.39, 0.29) is 0 Å². The standard InChI is InChI=1S/C6H14N2.C2HF3O2/c1-2-6-5-7-3-4-8-6;3-2(4,5)1(6)7/h6-8H,2-5H2,1H3;(H,6,7)/t6-;/m1./s1. The van der Waals surface area contributed by atoms with Crippen LogP contribution < -0.4 is 10.6 Å². The molecule has 4 nitrogen and oxygen atoms in total. The van der Waals surface area contributed by atoms with Crippen molar-refractivity contribution in [1.82, 2.24) is 10.6 Å². The maximum atomic E-state index is 10.6. The Morgan fingerprint density at radius 2 is 2.00 bits per heavy atom. The fourth-order valence-electron chi connectivity index (χ4n) is 1.00. The van der Waals surface area contributed by atoms with Crippen LogP contribution in [0.25, 0.3) is 0 Å². The quantitative estimate of drug-likeness (QED) is 0.614. The zero-order valence-electron chi connectivity index (χ0n) is 8.40. The van der Waals surface area contributed by atoms with Gasteiger partial charge in [0, 0.05) is 25.7 Å². The number of aliphatic carboxylic acids is 1. The summed E-state index contributed by atoms with van der Waals surface area (Å²) in [6, 6.07) is 0.726. The van der Waals surface area contributed by atoms with E-state index in [0.717, 1.165) is 25.7 Å². The molecule has 7 heteroatoms. The molecule has 1 aliphatic rings. The minimum Gasteiger partial charge on any atom is -0.475 e. The molecular formula is C8H15F3N2O2. The molecule has 3 N–H and O–H groups in total. The molecule has 1 fully saturated rings. The van der Waals surface area contributed by atoms with Gasteiger partial charge in [-0.3, -0.25) is 0 Å². The van der Waals surface area contributed by atoms with Gasteiger partial charge < -0.3 is 15.7 Å². The Morgan fingerprint density at radius 3 is 2.20 bits per heavy atom. The molecule has 1 saturated heterocycles. The van der Waals surface area contributed by atoms with Gasteiger partial charge in [0.2, 0.25) is 0 Å². The van der Waals surface area contributed by atoms with Crippen molar-refractivity contribution >= 4 is 5.97 Å². The summed E-state index contributed by atoms with van der Waals surface area (Å²) in [5.41, 5.74) is 0. The fourth-order valence-corrected chi connectivity index (χ4v) is 1.00. The normalized spacial score (nSPS) is 21.5. The Bertz CT molecular complexity index is 191. The van der Waals surface area contributed by atoms with Gasteiger partial charge in [-0.25, -0.2) is 4.79 Å². The van der Waals surface area contributed by atoms with E-state index in [4.69, 9.17) is 9.90 Å². The zero-order chi connectivity index (χ0) is 11.9. The van der Waals surface area contributed by atoms with Crippen molar-refractivity contribution in [1.29, 1.82) is 0 Å². The first-order valence-corrected chi connectivity index (χ1v) is 4.62. The molecule has 15 heavy (non-hydrogen) atoms. The Labute approximate surface area is 85.8 Å². The third kappa shape index (κ3) is 7.15. The summed E-state index contributed by atoms with van der Waals surface area (Å²) in [6.45, 7) is 5.64. The molecular weight excluding hydrogens is 213 g/mol. The molecule has 0 aromatic heterocycles. The van der Waals surface area contributed by atoms with E-state index in [1.807, 2.05) is 0 Å². The summed E-state index contributed by atoms with van der Waals surface area (Å²) in [5, 5.41) is 13.9. The van der Waals surface area contributed by atoms with E-state index in [9.17, 15) is 13.2 Å². The van der Waals surface area contributed by atoms with Crippen molar-refractivity contribution in [3.8, 4) is 0 Å². The molecule has 0 aromatic carbocycles. The SMILES string of the molecule is CC[C@@H]1CNCCN1.O=C(O)C(F)(F)F. The van der Waals surface area contributed by atoms with E-state index in [0.29, 0.717) is 0 Å². The van der Waals surface area contributed by atoms with Crippen LogP contribution in [-0.2, 0) is 4.79 Å². The van der Waals surface area contributed by atoms with Gasteiger partial charge in [0.15, 0.2) is 0 Å². The van der Waals surface area contributed by atoms with Crippen molar-refractivity contribution in [2.45, 2.75) is 25.6 Å². The van der Waals surface area contributed by atoms with Crippen LogP contribution in [0.2, 0.25) is 0 Å². The number of piperazine rings is 1. The lowest BCUT2D eigenvalue weighted by molar-refractivity contribution is -0.192. The van der Waals surface area contributed by atoms with Crippen molar-refractivity contribution in [2.24, 2.45) is 0 Å². The number of hydrogen-bond donors (Lipinski definition) is 3. The molecule has 1 aliphatic heterocycles. The second kappa shape index (κ2) is 6.62. The molecule has 1 heterocycles. The number of nitrogens with one attached hydrogen (secondary N) is 2. The number of hydrogen-bond acceptors (Lipinski definition) is 3. The van der Waals surface area contributed by atoms with Gasteiger partial charge in [-0.05, 0) is 6.42 Å². The highest BCUT2D eigenvalue weighted by atomic mass is 19.4. The number of rotatable bonds is 1. The summed E-state index contributed by atoms with van der Waals surface area (Å²) in [7, 11) is 0. The van der Waals surface area contributed by atoms with Crippen LogP contribution in [-0.4, -0.2) is 42.9 Å². The van der Waals surface area contributed by atoms with E-state index in [1.54, 1.807) is 0 Å². The molecule has 1 rings (SSSR count). The van der Waals surface area contributed by atoms with Crippen molar-refractivity contribution < 1.29 is 23.1 Å². The molecule has 90 valence electrons. The van der Waals surface area contributed by atoms with Crippen LogP contribution in [0.3, 0.4) is 0 Å². The lowest BCUT2D eigenvalue weighted by Crippen LogP contribution is -2.47. The molecule has 0 saturated carbocycles. The van der Waals surface area contributed by atoms with Crippen LogP contribution in [0.4, 0.5) is 13.2 Å². The average molecular weight is 228 g/mol. The van der Waals surface area contributed by atoms with Gasteiger partial charge in [-0.1, -0.05) is 6.92 Å². The molecule has 0 aromatic rings. The summed E-state index contributed by atoms with van der Waals surface area (Å²) >= 11 is 0. The lowest BCUT2D eigenvalue weighted by Gasteiger charge is -2.22. The van der Waals surface area contributed by atoms with Crippen LogP contribution in [0.1, 0.15) is 13.3 Å². The van der Waals surface area contributed by atoms with Gasteiger partial charge in [0.05, 0.1) is 0 Å². The number of carbonyl (C=O) groups is 1. The van der Waals surface area contributed by atoms with Gasteiger partial charge in [-0.15, -0.1) is 0 Å². The summed E-state index contributed by atoms with van der Waals surface area (Å²) in [6.07, 6.45) is -3.84. The first-order chi connectivity index (χ1) is 6.88. The smallest absolute Gasteiger partial charge is 0.475 e. The van der Waals surface area contributed by atoms with Crippen LogP contribution in [0, 0.1) is 0 Å². The first kappa shape index (κ1) is 14.2. The minimum absolute atomic E-state index is 0.726. The molecule has 0 aliphatic carbocycles. The summed E-state index contributed by atoms with van der Waals surface area (Å²) < 4.78 is 31.7. The van der Waals surface area contributed by atoms with Crippen molar-refractivity contribution in [3.05, 3.63) is 0 Å². The predicted molar refractivity (Wildman–Crippen MR) is 48.6 cm³/mol. The molecule has 0 bridgehead atoms. The molecule has 0 spiro atoms. The maximum absolute atomic E-state index is 10.6. The Morgan fingerprint density at radius 1 is 1.47 bits per heavy atom. The van der Waals surface area contributed by atoms with Gasteiger partial charge in [-0.2, -0.15) is 13.2 Å². The van der Waals surface area contributed by atoms with Crippen LogP contribution in [0.15, 0.2) is 0 Å². The summed E-state index contributed by atoms with van der Waals surface area (Å²) in [5.74, 6) is -2.76. The molecule has 1 atom stereocenters. The average Bonchev–Trinajstić information content (AvgIpc) is 2.18. The van der Waals surface area contributed by atoms with Crippen molar-refractivity contribution in [3.63, 3.8) is 0 Å². The van der Waals surface area contributed by atoms with Crippen molar-refractivity contribution in [2.75, 3.05) is 19.6 Å². The number of carboxylic acid groups (broad SMARTS) is 1. The maximum Gasteiger partial charge on any atom is 0.490 e. The second-order valence-corrected chi connectivity index (χ2v) is 3.07. The molecule has 0 unspecified atom stereocenters. The molecule has 0 amide bonds. The second-order valence-electron chi connectivity index (χ2n) is 3.07. The molecule has 0 radical (unpaired) electrons.